The molecular weight excluding hydrogens is 544 g/mol. The molecule has 0 fully saturated rings. The van der Waals surface area contributed by atoms with Crippen molar-refractivity contribution in [2.75, 3.05) is 19.5 Å². The minimum atomic E-state index is -0.901. The number of hydrogen-bond acceptors (Lipinski definition) is 7. The van der Waals surface area contributed by atoms with E-state index in [0.29, 0.717) is 57.1 Å². The molecule has 1 aliphatic heterocycles. The number of benzene rings is 3. The van der Waals surface area contributed by atoms with Crippen molar-refractivity contribution in [1.29, 1.82) is 0 Å². The van der Waals surface area contributed by atoms with Crippen molar-refractivity contribution in [3.8, 4) is 11.5 Å². The number of rotatable bonds is 6. The number of para-hydroxylation sites is 1. The van der Waals surface area contributed by atoms with Gasteiger partial charge in [0.25, 0.3) is 5.91 Å². The van der Waals surface area contributed by atoms with Gasteiger partial charge in [0.2, 0.25) is 0 Å². The highest BCUT2D eigenvalue weighted by atomic mass is 16.5. The van der Waals surface area contributed by atoms with Crippen molar-refractivity contribution in [1.82, 2.24) is 5.32 Å². The Labute approximate surface area is 249 Å². The molecular formula is C35H32N2O6. The Morgan fingerprint density at radius 2 is 1.67 bits per heavy atom. The lowest BCUT2D eigenvalue weighted by atomic mass is 9.71. The van der Waals surface area contributed by atoms with Crippen LogP contribution in [0.5, 0.6) is 11.5 Å². The fraction of sp³-hybridized carbons (Fsp3) is 0.229. The summed E-state index contributed by atoms with van der Waals surface area (Å²) >= 11 is 0. The molecule has 8 nitrogen and oxygen atoms in total. The molecule has 6 rings (SSSR count). The van der Waals surface area contributed by atoms with Crippen LogP contribution in [0.15, 0.2) is 105 Å². The maximum Gasteiger partial charge on any atom is 0.254 e. The molecule has 1 amide bonds. The maximum atomic E-state index is 14.1. The number of amides is 1. The number of carbonyl (C=O) groups is 2. The van der Waals surface area contributed by atoms with Crippen molar-refractivity contribution in [3.63, 3.8) is 0 Å². The second kappa shape index (κ2) is 11.3. The number of anilines is 1. The lowest BCUT2D eigenvalue weighted by molar-refractivity contribution is -0.116. The molecule has 0 spiro atoms. The molecule has 0 saturated heterocycles. The van der Waals surface area contributed by atoms with Crippen LogP contribution in [0.25, 0.3) is 11.0 Å². The van der Waals surface area contributed by atoms with E-state index in [0.717, 1.165) is 11.1 Å². The Balaban J connectivity index is 1.46. The molecule has 2 N–H and O–H groups in total. The largest absolute Gasteiger partial charge is 0.493 e. The zero-order chi connectivity index (χ0) is 30.2. The van der Waals surface area contributed by atoms with Crippen molar-refractivity contribution in [2.24, 2.45) is 0 Å². The van der Waals surface area contributed by atoms with Crippen molar-refractivity contribution < 1.29 is 23.5 Å². The van der Waals surface area contributed by atoms with Gasteiger partial charge in [0.1, 0.15) is 5.58 Å². The topological polar surface area (TPSA) is 107 Å². The number of dihydropyridines is 1. The number of allylic oxidation sites excluding steroid dienone is 3. The minimum Gasteiger partial charge on any atom is -0.493 e. The van der Waals surface area contributed by atoms with Gasteiger partial charge in [-0.25, -0.2) is 0 Å². The summed E-state index contributed by atoms with van der Waals surface area (Å²) < 4.78 is 16.8. The molecule has 0 saturated carbocycles. The highest BCUT2D eigenvalue weighted by Crippen LogP contribution is 2.46. The molecule has 3 aromatic carbocycles. The van der Waals surface area contributed by atoms with Gasteiger partial charge in [0.05, 0.1) is 31.8 Å². The monoisotopic (exact) mass is 576 g/mol. The molecule has 0 bridgehead atoms. The fourth-order valence-corrected chi connectivity index (χ4v) is 6.12. The number of aryl methyl sites for hydroxylation is 1. The van der Waals surface area contributed by atoms with E-state index >= 15 is 0 Å². The summed E-state index contributed by atoms with van der Waals surface area (Å²) in [5.74, 6) is -0.381. The summed E-state index contributed by atoms with van der Waals surface area (Å²) in [6, 6.07) is 20.1. The van der Waals surface area contributed by atoms with E-state index in [2.05, 4.69) is 10.6 Å². The van der Waals surface area contributed by atoms with Crippen LogP contribution in [0.2, 0.25) is 0 Å². The normalized spacial score (nSPS) is 18.3. The first-order valence-corrected chi connectivity index (χ1v) is 14.1. The number of ketones is 1. The highest BCUT2D eigenvalue weighted by Gasteiger charge is 2.42. The Morgan fingerprint density at radius 1 is 0.930 bits per heavy atom. The Hall–Kier alpha value is -5.11. The van der Waals surface area contributed by atoms with E-state index in [1.54, 1.807) is 45.4 Å². The van der Waals surface area contributed by atoms with E-state index in [1.807, 2.05) is 49.4 Å². The van der Waals surface area contributed by atoms with Gasteiger partial charge in [-0.1, -0.05) is 35.9 Å². The van der Waals surface area contributed by atoms with Crippen LogP contribution >= 0.6 is 0 Å². The van der Waals surface area contributed by atoms with E-state index in [4.69, 9.17) is 13.9 Å². The minimum absolute atomic E-state index is 0.136. The van der Waals surface area contributed by atoms with Crippen molar-refractivity contribution in [2.45, 2.75) is 38.5 Å². The smallest absolute Gasteiger partial charge is 0.254 e. The second-order valence-electron chi connectivity index (χ2n) is 11.0. The van der Waals surface area contributed by atoms with Gasteiger partial charge >= 0.3 is 0 Å². The number of hydrogen-bond donors (Lipinski definition) is 2. The first-order valence-electron chi connectivity index (χ1n) is 14.1. The summed E-state index contributed by atoms with van der Waals surface area (Å²) in [5, 5.41) is 6.73. The highest BCUT2D eigenvalue weighted by molar-refractivity contribution is 6.10. The van der Waals surface area contributed by atoms with Crippen LogP contribution in [-0.2, 0) is 9.59 Å². The number of ether oxygens (including phenoxy) is 2. The second-order valence-corrected chi connectivity index (χ2v) is 11.0. The van der Waals surface area contributed by atoms with Gasteiger partial charge in [0, 0.05) is 40.2 Å². The van der Waals surface area contributed by atoms with Crippen LogP contribution in [0, 0.1) is 6.92 Å². The predicted octanol–water partition coefficient (Wildman–Crippen LogP) is 6.12. The van der Waals surface area contributed by atoms with Gasteiger partial charge in [-0.05, 0) is 68.1 Å². The Bertz CT molecular complexity index is 1880. The third-order valence-electron chi connectivity index (χ3n) is 8.28. The lowest BCUT2D eigenvalue weighted by Gasteiger charge is -2.36. The third kappa shape index (κ3) is 5.09. The zero-order valence-electron chi connectivity index (χ0n) is 24.4. The molecule has 4 aromatic rings. The van der Waals surface area contributed by atoms with Gasteiger partial charge in [0.15, 0.2) is 22.7 Å². The Kier molecular flexibility index (Phi) is 7.36. The molecule has 0 radical (unpaired) electrons. The SMILES string of the molecule is COc1ccc(C2CC(=O)C3=C(C2)NC(C)=C(C(=O)Nc2ccc(C)cc2)C3c2coc3ccccc3c2=O)cc1OC. The van der Waals surface area contributed by atoms with Gasteiger partial charge in [-0.15, -0.1) is 0 Å². The molecule has 43 heavy (non-hydrogen) atoms. The fourth-order valence-electron chi connectivity index (χ4n) is 6.12. The van der Waals surface area contributed by atoms with Crippen LogP contribution in [0.3, 0.4) is 0 Å². The molecule has 1 aromatic heterocycles. The molecule has 2 heterocycles. The summed E-state index contributed by atoms with van der Waals surface area (Å²) in [5.41, 5.74) is 5.01. The number of nitrogens with one attached hydrogen (secondary N) is 2. The lowest BCUT2D eigenvalue weighted by Crippen LogP contribution is -2.38. The summed E-state index contributed by atoms with van der Waals surface area (Å²) in [6.07, 6.45) is 2.11. The molecule has 2 atom stereocenters. The van der Waals surface area contributed by atoms with E-state index < -0.39 is 11.8 Å². The number of fused-ring (bicyclic) bond motifs is 1. The van der Waals surface area contributed by atoms with Crippen molar-refractivity contribution >= 4 is 28.3 Å². The first-order chi connectivity index (χ1) is 20.8. The average molecular weight is 577 g/mol. The maximum absolute atomic E-state index is 14.1. The number of methoxy groups -OCH3 is 2. The van der Waals surface area contributed by atoms with Crippen LogP contribution in [-0.4, -0.2) is 25.9 Å². The number of Topliss-reactive ketones (excluding diaryl/α,β-unsaturated/α-hetero) is 1. The van der Waals surface area contributed by atoms with E-state index in [1.165, 1.54) is 6.26 Å². The van der Waals surface area contributed by atoms with Gasteiger partial charge in [-0.3, -0.25) is 14.4 Å². The quantitative estimate of drug-likeness (QED) is 0.285. The van der Waals surface area contributed by atoms with Crippen LogP contribution < -0.4 is 25.5 Å². The van der Waals surface area contributed by atoms with Crippen molar-refractivity contribution in [3.05, 3.63) is 122 Å². The van der Waals surface area contributed by atoms with E-state index in [-0.39, 0.29) is 29.1 Å². The summed E-state index contributed by atoms with van der Waals surface area (Å²) in [7, 11) is 3.16. The zero-order valence-corrected chi connectivity index (χ0v) is 24.4. The molecule has 2 unspecified atom stereocenters. The third-order valence-corrected chi connectivity index (χ3v) is 8.28. The standard InChI is InChI=1S/C35H32N2O6/c1-19-9-12-23(13-10-19)37-35(40)31-20(2)36-26-15-22(21-11-14-29(41-3)30(17-21)42-4)16-27(38)33(26)32(31)25-18-43-28-8-6-5-7-24(28)34(25)39/h5-14,17-18,22,32,36H,15-16H2,1-4H3,(H,37,40). The molecule has 2 aliphatic rings. The molecule has 8 heteroatoms. The molecule has 218 valence electrons. The van der Waals surface area contributed by atoms with Crippen LogP contribution in [0.1, 0.15) is 48.3 Å². The van der Waals surface area contributed by atoms with E-state index in [9.17, 15) is 14.4 Å². The summed E-state index contributed by atoms with van der Waals surface area (Å²) in [4.78, 5) is 41.9. The number of carbonyl (C=O) groups excluding carboxylic acids is 2. The summed E-state index contributed by atoms with van der Waals surface area (Å²) in [6.45, 7) is 3.77. The van der Waals surface area contributed by atoms with Crippen LogP contribution in [0.4, 0.5) is 5.69 Å². The first kappa shape index (κ1) is 28.0. The van der Waals surface area contributed by atoms with Gasteiger partial charge < -0.3 is 24.5 Å². The predicted molar refractivity (Wildman–Crippen MR) is 164 cm³/mol. The van der Waals surface area contributed by atoms with Gasteiger partial charge in [-0.2, -0.15) is 0 Å². The average Bonchev–Trinajstić information content (AvgIpc) is 3.01. The Morgan fingerprint density at radius 3 is 2.42 bits per heavy atom. The molecule has 1 aliphatic carbocycles.